The summed E-state index contributed by atoms with van der Waals surface area (Å²) >= 11 is 1.85. The number of hydrogen-bond acceptors (Lipinski definition) is 5. The molecule has 1 heterocycles. The topological polar surface area (TPSA) is 46.9 Å². The Hall–Kier alpha value is -0.460. The number of unbranched alkanes of at least 4 members (excludes halogenated alkanes) is 20. The maximum Gasteiger partial charge on any atom is 0.0674 e. The summed E-state index contributed by atoms with van der Waals surface area (Å²) in [5.74, 6) is 0. The van der Waals surface area contributed by atoms with Crippen molar-refractivity contribution in [2.24, 2.45) is 0 Å². The van der Waals surface area contributed by atoms with Crippen molar-refractivity contribution < 1.29 is 10.2 Å². The molecule has 0 bridgehead atoms. The van der Waals surface area contributed by atoms with Gasteiger partial charge in [-0.15, -0.1) is 11.3 Å². The quantitative estimate of drug-likeness (QED) is 0.0729. The van der Waals surface area contributed by atoms with E-state index in [1.165, 1.54) is 164 Å². The van der Waals surface area contributed by atoms with Crippen molar-refractivity contribution in [1.29, 1.82) is 0 Å². The van der Waals surface area contributed by atoms with Crippen molar-refractivity contribution >= 4 is 11.3 Å². The van der Waals surface area contributed by atoms with Gasteiger partial charge in [0.1, 0.15) is 0 Å². The Balaban J connectivity index is 2.94. The molecule has 2 unspecified atom stereocenters. The molecule has 0 aliphatic heterocycles. The summed E-state index contributed by atoms with van der Waals surface area (Å²) in [6.07, 6.45) is 31.3. The highest BCUT2D eigenvalue weighted by molar-refractivity contribution is 7.12. The van der Waals surface area contributed by atoms with Gasteiger partial charge in [0, 0.05) is 9.75 Å². The second-order valence-corrected chi connectivity index (χ2v) is 14.9. The zero-order valence-electron chi connectivity index (χ0n) is 30.7. The van der Waals surface area contributed by atoms with E-state index in [0.717, 1.165) is 26.2 Å². The molecule has 0 fully saturated rings. The summed E-state index contributed by atoms with van der Waals surface area (Å²) in [7, 11) is 0. The molecule has 266 valence electrons. The van der Waals surface area contributed by atoms with E-state index in [9.17, 15) is 10.2 Å². The maximum atomic E-state index is 10.7. The molecule has 0 aliphatic carbocycles. The first-order valence-corrected chi connectivity index (χ1v) is 20.8. The molecule has 2 atom stereocenters. The molecule has 0 amide bonds. The molecular formula is C40H78N2O2S. The van der Waals surface area contributed by atoms with Gasteiger partial charge in [0.05, 0.1) is 25.3 Å². The van der Waals surface area contributed by atoms with Gasteiger partial charge in [-0.25, -0.2) is 0 Å². The summed E-state index contributed by atoms with van der Waals surface area (Å²) in [4.78, 5) is 7.74. The average molecular weight is 651 g/mol. The lowest BCUT2D eigenvalue weighted by atomic mass is 10.1. The SMILES string of the molecule is CCCCCCCCN(CCCCCCCC)C(CO)c1ccc(C(CO)N(CCCCCCCC)CCCCCCCC)s1. The minimum Gasteiger partial charge on any atom is -0.394 e. The Morgan fingerprint density at radius 3 is 0.911 bits per heavy atom. The number of aliphatic hydroxyl groups excluding tert-OH is 2. The molecule has 0 aromatic carbocycles. The van der Waals surface area contributed by atoms with Crippen molar-refractivity contribution in [3.8, 4) is 0 Å². The molecule has 5 heteroatoms. The smallest absolute Gasteiger partial charge is 0.0674 e. The first-order valence-electron chi connectivity index (χ1n) is 20.0. The van der Waals surface area contributed by atoms with Gasteiger partial charge in [0.2, 0.25) is 0 Å². The highest BCUT2D eigenvalue weighted by atomic mass is 32.1. The van der Waals surface area contributed by atoms with Gasteiger partial charge in [0.15, 0.2) is 0 Å². The minimum absolute atomic E-state index is 0.0694. The Bertz CT molecular complexity index is 651. The molecule has 4 nitrogen and oxygen atoms in total. The van der Waals surface area contributed by atoms with E-state index in [2.05, 4.69) is 49.6 Å². The molecule has 0 saturated carbocycles. The van der Waals surface area contributed by atoms with E-state index in [4.69, 9.17) is 0 Å². The van der Waals surface area contributed by atoms with Gasteiger partial charge < -0.3 is 10.2 Å². The van der Waals surface area contributed by atoms with Crippen LogP contribution in [0.5, 0.6) is 0 Å². The third-order valence-corrected chi connectivity index (χ3v) is 11.0. The van der Waals surface area contributed by atoms with E-state index < -0.39 is 0 Å². The number of aliphatic hydroxyl groups is 2. The van der Waals surface area contributed by atoms with Gasteiger partial charge >= 0.3 is 0 Å². The van der Waals surface area contributed by atoms with Crippen LogP contribution in [0.1, 0.15) is 204 Å². The van der Waals surface area contributed by atoms with E-state index in [-0.39, 0.29) is 25.3 Å². The standard InChI is InChI=1S/C40H78N2O2S/c1-5-9-13-17-21-25-31-41(32-26-22-18-14-10-6-2)37(35-43)39-29-30-40(45-39)38(36-44)42(33-27-23-19-15-11-7-3)34-28-24-20-16-12-8-4/h29-30,37-38,43-44H,5-28,31-36H2,1-4H3. The second kappa shape index (κ2) is 30.8. The third-order valence-electron chi connectivity index (χ3n) is 9.73. The van der Waals surface area contributed by atoms with Crippen LogP contribution in [0.2, 0.25) is 0 Å². The number of nitrogens with zero attached hydrogens (tertiary/aromatic N) is 2. The first kappa shape index (κ1) is 42.6. The lowest BCUT2D eigenvalue weighted by Gasteiger charge is -2.31. The number of hydrogen-bond donors (Lipinski definition) is 2. The van der Waals surface area contributed by atoms with Crippen molar-refractivity contribution in [3.63, 3.8) is 0 Å². The summed E-state index contributed by atoms with van der Waals surface area (Å²) in [6.45, 7) is 13.8. The highest BCUT2D eigenvalue weighted by Crippen LogP contribution is 2.34. The molecule has 2 N–H and O–H groups in total. The van der Waals surface area contributed by atoms with Crippen LogP contribution in [0.25, 0.3) is 0 Å². The van der Waals surface area contributed by atoms with Crippen LogP contribution >= 0.6 is 11.3 Å². The van der Waals surface area contributed by atoms with Crippen LogP contribution in [-0.2, 0) is 0 Å². The predicted octanol–water partition coefficient (Wildman–Crippen LogP) is 11.9. The van der Waals surface area contributed by atoms with E-state index >= 15 is 0 Å². The number of rotatable bonds is 34. The molecule has 0 radical (unpaired) electrons. The Morgan fingerprint density at radius 1 is 0.422 bits per heavy atom. The van der Waals surface area contributed by atoms with Crippen LogP contribution in [0, 0.1) is 0 Å². The molecule has 45 heavy (non-hydrogen) atoms. The normalized spacial score (nSPS) is 13.3. The molecule has 1 aromatic heterocycles. The fraction of sp³-hybridized carbons (Fsp3) is 0.900. The van der Waals surface area contributed by atoms with Crippen LogP contribution in [0.3, 0.4) is 0 Å². The van der Waals surface area contributed by atoms with E-state index in [1.54, 1.807) is 0 Å². The summed E-state index contributed by atoms with van der Waals surface area (Å²) in [5.41, 5.74) is 0. The summed E-state index contributed by atoms with van der Waals surface area (Å²) < 4.78 is 0. The average Bonchev–Trinajstić information content (AvgIpc) is 3.53. The molecule has 0 saturated heterocycles. The van der Waals surface area contributed by atoms with Crippen molar-refractivity contribution in [2.45, 2.75) is 194 Å². The zero-order valence-corrected chi connectivity index (χ0v) is 31.5. The lowest BCUT2D eigenvalue weighted by molar-refractivity contribution is 0.120. The Labute approximate surface area is 285 Å². The first-order chi connectivity index (χ1) is 22.2. The summed E-state index contributed by atoms with van der Waals surface area (Å²) in [6, 6.07) is 4.68. The molecule has 0 spiro atoms. The van der Waals surface area contributed by atoms with E-state index in [0.29, 0.717) is 0 Å². The molecule has 1 aromatic rings. The zero-order chi connectivity index (χ0) is 32.8. The van der Waals surface area contributed by atoms with Crippen LogP contribution < -0.4 is 0 Å². The minimum atomic E-state index is 0.0694. The van der Waals surface area contributed by atoms with Gasteiger partial charge in [0.25, 0.3) is 0 Å². The Kier molecular flexibility index (Phi) is 29.2. The fourth-order valence-electron chi connectivity index (χ4n) is 6.73. The Morgan fingerprint density at radius 2 is 0.667 bits per heavy atom. The molecule has 0 aliphatic rings. The van der Waals surface area contributed by atoms with E-state index in [1.807, 2.05) is 11.3 Å². The van der Waals surface area contributed by atoms with Gasteiger partial charge in [-0.2, -0.15) is 0 Å². The van der Waals surface area contributed by atoms with Crippen molar-refractivity contribution in [3.05, 3.63) is 21.9 Å². The predicted molar refractivity (Wildman–Crippen MR) is 201 cm³/mol. The monoisotopic (exact) mass is 651 g/mol. The lowest BCUT2D eigenvalue weighted by Crippen LogP contribution is -2.33. The molecular weight excluding hydrogens is 573 g/mol. The van der Waals surface area contributed by atoms with Gasteiger partial charge in [-0.3, -0.25) is 9.80 Å². The van der Waals surface area contributed by atoms with Crippen molar-refractivity contribution in [1.82, 2.24) is 9.80 Å². The largest absolute Gasteiger partial charge is 0.394 e. The van der Waals surface area contributed by atoms with Crippen LogP contribution in [0.15, 0.2) is 12.1 Å². The van der Waals surface area contributed by atoms with Gasteiger partial charge in [-0.05, 0) is 64.0 Å². The van der Waals surface area contributed by atoms with Crippen LogP contribution in [0.4, 0.5) is 0 Å². The van der Waals surface area contributed by atoms with Gasteiger partial charge in [-0.1, -0.05) is 156 Å². The maximum absolute atomic E-state index is 10.7. The summed E-state index contributed by atoms with van der Waals surface area (Å²) in [5, 5.41) is 21.4. The number of thiophene rings is 1. The highest BCUT2D eigenvalue weighted by Gasteiger charge is 2.25. The fourth-order valence-corrected chi connectivity index (χ4v) is 7.99. The second-order valence-electron chi connectivity index (χ2n) is 13.8. The van der Waals surface area contributed by atoms with Crippen molar-refractivity contribution in [2.75, 3.05) is 39.4 Å². The molecule has 1 rings (SSSR count). The van der Waals surface area contributed by atoms with Crippen LogP contribution in [-0.4, -0.2) is 59.4 Å². The third kappa shape index (κ3) is 20.5.